The summed E-state index contributed by atoms with van der Waals surface area (Å²) in [5.41, 5.74) is -3.44. The summed E-state index contributed by atoms with van der Waals surface area (Å²) in [6.07, 6.45) is -7.31. The summed E-state index contributed by atoms with van der Waals surface area (Å²) in [6, 6.07) is 9.44. The zero-order valence-electron chi connectivity index (χ0n) is 27.0. The highest BCUT2D eigenvalue weighted by molar-refractivity contribution is 5.78. The number of imidazole rings is 1. The SMILES string of the molecule is O=C(OCCOCCOCCOCCO)C(c1ccc(-c2ccc(C(F)(F)F)cc2C(F)(F)F)nn1)n1ccc2nc(-c3ccccc3F)nc-2c1. The normalized spacial score (nSPS) is 12.7. The number of esters is 1. The van der Waals surface area contributed by atoms with Crippen LogP contribution in [0.3, 0.4) is 0 Å². The van der Waals surface area contributed by atoms with Gasteiger partial charge in [0, 0.05) is 18.0 Å². The standard InChI is InChI=1S/C34H30F7N5O6/c35-25-4-2-1-3-23(25)31-42-27-9-10-46(20-29(27)43-31)30(32(48)52-18-17-51-16-15-50-14-13-49-12-11-47)28-8-7-26(44-45-28)22-6-5-21(33(36,37)38)19-24(22)34(39,40)41/h1-10,19-20,30,47H,11-18H2. The molecule has 1 aromatic heterocycles. The van der Waals surface area contributed by atoms with E-state index in [2.05, 4.69) is 20.2 Å². The third kappa shape index (κ3) is 9.64. The largest absolute Gasteiger partial charge is 0.461 e. The maximum Gasteiger partial charge on any atom is 0.417 e. The number of hydrogen-bond donors (Lipinski definition) is 1. The zero-order valence-corrected chi connectivity index (χ0v) is 27.0. The van der Waals surface area contributed by atoms with Crippen molar-refractivity contribution < 1.29 is 59.6 Å². The molecule has 0 radical (unpaired) electrons. The van der Waals surface area contributed by atoms with E-state index in [0.29, 0.717) is 24.4 Å². The van der Waals surface area contributed by atoms with Crippen molar-refractivity contribution in [3.05, 3.63) is 95.7 Å². The topological polar surface area (TPSA) is 131 Å². The van der Waals surface area contributed by atoms with E-state index in [4.69, 9.17) is 24.1 Å². The fourth-order valence-corrected chi connectivity index (χ4v) is 4.94. The first kappa shape index (κ1) is 38.2. The van der Waals surface area contributed by atoms with Crippen molar-refractivity contribution in [2.24, 2.45) is 0 Å². The molecule has 1 atom stereocenters. The van der Waals surface area contributed by atoms with Crippen LogP contribution >= 0.6 is 0 Å². The molecule has 2 aliphatic rings. The zero-order chi connectivity index (χ0) is 37.3. The number of rotatable bonds is 16. The number of carbonyl (C=O) groups excluding carboxylic acids is 1. The van der Waals surface area contributed by atoms with Crippen LogP contribution in [0.2, 0.25) is 0 Å². The Morgan fingerprint density at radius 3 is 2.04 bits per heavy atom. The molecule has 2 aliphatic heterocycles. The van der Waals surface area contributed by atoms with Gasteiger partial charge in [-0.3, -0.25) is 0 Å². The van der Waals surface area contributed by atoms with Crippen LogP contribution in [-0.4, -0.2) is 88.7 Å². The molecule has 0 fully saturated rings. The molecular weight excluding hydrogens is 707 g/mol. The van der Waals surface area contributed by atoms with Crippen molar-refractivity contribution in [1.29, 1.82) is 0 Å². The number of nitrogens with zero attached hydrogens (tertiary/aromatic N) is 5. The lowest BCUT2D eigenvalue weighted by Gasteiger charge is -2.20. The van der Waals surface area contributed by atoms with Gasteiger partial charge in [0.15, 0.2) is 11.9 Å². The van der Waals surface area contributed by atoms with Gasteiger partial charge in [0.2, 0.25) is 0 Å². The van der Waals surface area contributed by atoms with E-state index < -0.39 is 52.6 Å². The summed E-state index contributed by atoms with van der Waals surface area (Å²) < 4.78 is 118. The minimum Gasteiger partial charge on any atom is -0.461 e. The number of aromatic nitrogens is 5. The summed E-state index contributed by atoms with van der Waals surface area (Å²) in [5, 5.41) is 16.5. The molecule has 3 aromatic rings. The predicted molar refractivity (Wildman–Crippen MR) is 168 cm³/mol. The summed E-state index contributed by atoms with van der Waals surface area (Å²) in [5.74, 6) is -1.33. The van der Waals surface area contributed by atoms with Gasteiger partial charge in [-0.15, -0.1) is 0 Å². The molecule has 0 bridgehead atoms. The molecule has 0 amide bonds. The molecule has 0 saturated carbocycles. The summed E-state index contributed by atoms with van der Waals surface area (Å²) in [6.45, 7) is 0.834. The number of benzene rings is 2. The van der Waals surface area contributed by atoms with Crippen LogP contribution < -0.4 is 0 Å². The third-order valence-electron chi connectivity index (χ3n) is 7.37. The molecular formula is C34H30F7N5O6. The number of aliphatic hydroxyl groups is 1. The lowest BCUT2D eigenvalue weighted by atomic mass is 10.00. The van der Waals surface area contributed by atoms with Crippen LogP contribution in [0.1, 0.15) is 22.9 Å². The van der Waals surface area contributed by atoms with E-state index in [0.717, 1.165) is 6.07 Å². The molecule has 3 heterocycles. The predicted octanol–water partition coefficient (Wildman–Crippen LogP) is 5.86. The van der Waals surface area contributed by atoms with Gasteiger partial charge in [-0.05, 0) is 42.5 Å². The molecule has 11 nitrogen and oxygen atoms in total. The Morgan fingerprint density at radius 2 is 1.40 bits per heavy atom. The van der Waals surface area contributed by atoms with Crippen LogP contribution in [0.25, 0.3) is 34.0 Å². The van der Waals surface area contributed by atoms with E-state index in [9.17, 15) is 35.5 Å². The van der Waals surface area contributed by atoms with Gasteiger partial charge in [-0.25, -0.2) is 19.2 Å². The molecule has 1 unspecified atom stereocenters. The van der Waals surface area contributed by atoms with E-state index in [-0.39, 0.29) is 75.1 Å². The number of aliphatic hydroxyl groups excluding tert-OH is 1. The van der Waals surface area contributed by atoms with E-state index in [1.165, 1.54) is 47.3 Å². The van der Waals surface area contributed by atoms with Crippen LogP contribution in [0, 0.1) is 5.82 Å². The second kappa shape index (κ2) is 17.0. The van der Waals surface area contributed by atoms with Gasteiger partial charge < -0.3 is 28.6 Å². The van der Waals surface area contributed by atoms with Crippen LogP contribution in [-0.2, 0) is 36.1 Å². The first-order chi connectivity index (χ1) is 24.9. The number of alkyl halides is 6. The molecule has 0 spiro atoms. The number of fused-ring (bicyclic) bond motifs is 1. The van der Waals surface area contributed by atoms with Crippen molar-refractivity contribution in [2.75, 3.05) is 52.9 Å². The molecule has 2 aromatic carbocycles. The molecule has 0 aliphatic carbocycles. The quantitative estimate of drug-likeness (QED) is 0.0747. The van der Waals surface area contributed by atoms with Gasteiger partial charge in [0.05, 0.1) is 80.0 Å². The Morgan fingerprint density at radius 1 is 0.731 bits per heavy atom. The van der Waals surface area contributed by atoms with Crippen LogP contribution in [0.15, 0.2) is 73.1 Å². The second-order valence-corrected chi connectivity index (χ2v) is 10.9. The molecule has 52 heavy (non-hydrogen) atoms. The Hall–Kier alpha value is -5.04. The maximum atomic E-state index is 14.4. The fraction of sp³-hybridized carbons (Fsp3) is 0.324. The van der Waals surface area contributed by atoms with E-state index >= 15 is 0 Å². The minimum absolute atomic E-state index is 0.00543. The average molecular weight is 738 g/mol. The number of halogens is 7. The molecule has 1 N–H and O–H groups in total. The van der Waals surface area contributed by atoms with Gasteiger partial charge >= 0.3 is 18.3 Å². The van der Waals surface area contributed by atoms with Crippen LogP contribution in [0.4, 0.5) is 30.7 Å². The minimum atomic E-state index is -5.15. The molecule has 276 valence electrons. The van der Waals surface area contributed by atoms with E-state index in [1.807, 2.05) is 0 Å². The average Bonchev–Trinajstić information content (AvgIpc) is 3.53. The highest BCUT2D eigenvalue weighted by Crippen LogP contribution is 2.40. The summed E-state index contributed by atoms with van der Waals surface area (Å²) in [7, 11) is 0. The monoisotopic (exact) mass is 737 g/mol. The lowest BCUT2D eigenvalue weighted by molar-refractivity contribution is -0.148. The smallest absolute Gasteiger partial charge is 0.417 e. The van der Waals surface area contributed by atoms with Crippen molar-refractivity contribution in [2.45, 2.75) is 18.4 Å². The van der Waals surface area contributed by atoms with Crippen molar-refractivity contribution >= 4 is 5.97 Å². The molecule has 5 rings (SSSR count). The third-order valence-corrected chi connectivity index (χ3v) is 7.37. The fourth-order valence-electron chi connectivity index (χ4n) is 4.94. The van der Waals surface area contributed by atoms with Gasteiger partial charge in [-0.2, -0.15) is 36.5 Å². The number of hydrogen-bond acceptors (Lipinski definition) is 10. The molecule has 18 heteroatoms. The van der Waals surface area contributed by atoms with Gasteiger partial charge in [0.1, 0.15) is 18.1 Å². The summed E-state index contributed by atoms with van der Waals surface area (Å²) >= 11 is 0. The maximum absolute atomic E-state index is 14.4. The van der Waals surface area contributed by atoms with Crippen molar-refractivity contribution in [3.8, 4) is 34.0 Å². The highest BCUT2D eigenvalue weighted by Gasteiger charge is 2.39. The highest BCUT2D eigenvalue weighted by atomic mass is 19.4. The van der Waals surface area contributed by atoms with Gasteiger partial charge in [-0.1, -0.05) is 18.2 Å². The van der Waals surface area contributed by atoms with Crippen molar-refractivity contribution in [3.63, 3.8) is 0 Å². The number of ether oxygens (including phenoxy) is 4. The van der Waals surface area contributed by atoms with Gasteiger partial charge in [0.25, 0.3) is 0 Å². The Labute approximate surface area is 291 Å². The Bertz CT molecular complexity index is 1900. The first-order valence-electron chi connectivity index (χ1n) is 15.6. The molecule has 0 saturated heterocycles. The Kier molecular flexibility index (Phi) is 12.5. The lowest BCUT2D eigenvalue weighted by Crippen LogP contribution is -2.26. The summed E-state index contributed by atoms with van der Waals surface area (Å²) in [4.78, 5) is 22.3. The number of pyridine rings is 1. The van der Waals surface area contributed by atoms with Crippen molar-refractivity contribution in [1.82, 2.24) is 24.7 Å². The Balaban J connectivity index is 1.38. The van der Waals surface area contributed by atoms with E-state index in [1.54, 1.807) is 6.07 Å². The second-order valence-electron chi connectivity index (χ2n) is 10.9. The number of carbonyl (C=O) groups is 1. The van der Waals surface area contributed by atoms with Crippen LogP contribution in [0.5, 0.6) is 0 Å². The first-order valence-corrected chi connectivity index (χ1v) is 15.6.